The maximum atomic E-state index is 5.48. The second-order valence-electron chi connectivity index (χ2n) is 8.87. The van der Waals surface area contributed by atoms with Crippen LogP contribution in [0.15, 0.2) is 54.7 Å². The molecule has 0 spiro atoms. The lowest BCUT2D eigenvalue weighted by Gasteiger charge is -2.28. The Morgan fingerprint density at radius 2 is 1.94 bits per heavy atom. The number of pyridine rings is 2. The molecule has 6 rings (SSSR count). The number of H-pyrrole nitrogens is 1. The third kappa shape index (κ3) is 4.00. The summed E-state index contributed by atoms with van der Waals surface area (Å²) in [6.07, 6.45) is 4.22. The molecule has 0 saturated carbocycles. The van der Waals surface area contributed by atoms with Gasteiger partial charge in [0.05, 0.1) is 5.69 Å². The summed E-state index contributed by atoms with van der Waals surface area (Å²) in [5.41, 5.74) is 5.37. The van der Waals surface area contributed by atoms with E-state index >= 15 is 0 Å². The van der Waals surface area contributed by atoms with E-state index in [0.29, 0.717) is 12.5 Å². The van der Waals surface area contributed by atoms with Crippen LogP contribution < -0.4 is 14.8 Å². The molecule has 0 atom stereocenters. The van der Waals surface area contributed by atoms with Crippen LogP contribution in [-0.4, -0.2) is 46.8 Å². The molecule has 4 aromatic rings. The lowest BCUT2D eigenvalue weighted by Crippen LogP contribution is -2.29. The summed E-state index contributed by atoms with van der Waals surface area (Å²) in [6.45, 7) is 3.22. The number of fused-ring (bicyclic) bond motifs is 2. The molecule has 1 aromatic carbocycles. The van der Waals surface area contributed by atoms with Crippen molar-refractivity contribution >= 4 is 16.9 Å². The Balaban J connectivity index is 1.24. The van der Waals surface area contributed by atoms with Crippen molar-refractivity contribution in [2.24, 2.45) is 0 Å². The molecule has 0 bridgehead atoms. The molecule has 5 heterocycles. The van der Waals surface area contributed by atoms with Gasteiger partial charge in [0.2, 0.25) is 6.79 Å². The van der Waals surface area contributed by atoms with Crippen LogP contribution in [0.1, 0.15) is 30.0 Å². The third-order valence-electron chi connectivity index (χ3n) is 6.65. The minimum atomic E-state index is 0.287. The van der Waals surface area contributed by atoms with Gasteiger partial charge in [-0.2, -0.15) is 0 Å². The normalized spacial score (nSPS) is 16.4. The number of aromatic nitrogens is 3. The summed E-state index contributed by atoms with van der Waals surface area (Å²) >= 11 is 0. The van der Waals surface area contributed by atoms with Gasteiger partial charge in [0.1, 0.15) is 11.5 Å². The number of ether oxygens (including phenoxy) is 2. The third-order valence-corrected chi connectivity index (χ3v) is 6.65. The van der Waals surface area contributed by atoms with Gasteiger partial charge < -0.3 is 24.7 Å². The average Bonchev–Trinajstić information content (AvgIpc) is 3.50. The number of aromatic amines is 1. The first-order valence-electron chi connectivity index (χ1n) is 11.5. The zero-order valence-corrected chi connectivity index (χ0v) is 18.7. The fourth-order valence-corrected chi connectivity index (χ4v) is 4.74. The molecule has 1 fully saturated rings. The van der Waals surface area contributed by atoms with E-state index in [0.717, 1.165) is 58.3 Å². The molecular weight excluding hydrogens is 414 g/mol. The van der Waals surface area contributed by atoms with Crippen LogP contribution in [0.2, 0.25) is 0 Å². The molecule has 0 unspecified atom stereocenters. The fraction of sp³-hybridized carbons (Fsp3) is 0.308. The van der Waals surface area contributed by atoms with E-state index in [9.17, 15) is 0 Å². The van der Waals surface area contributed by atoms with E-state index in [4.69, 9.17) is 14.5 Å². The van der Waals surface area contributed by atoms with E-state index in [1.54, 1.807) is 0 Å². The number of piperidine rings is 1. The van der Waals surface area contributed by atoms with Crippen molar-refractivity contribution in [3.05, 3.63) is 66.0 Å². The van der Waals surface area contributed by atoms with E-state index in [1.807, 2.05) is 36.5 Å². The summed E-state index contributed by atoms with van der Waals surface area (Å²) < 4.78 is 10.9. The average molecular weight is 442 g/mol. The summed E-state index contributed by atoms with van der Waals surface area (Å²) in [5, 5.41) is 4.57. The first kappa shape index (κ1) is 20.1. The molecule has 0 radical (unpaired) electrons. The topological polar surface area (TPSA) is 75.3 Å². The van der Waals surface area contributed by atoms with Gasteiger partial charge in [0, 0.05) is 35.3 Å². The van der Waals surface area contributed by atoms with Gasteiger partial charge >= 0.3 is 0 Å². The minimum Gasteiger partial charge on any atom is -0.454 e. The van der Waals surface area contributed by atoms with Gasteiger partial charge in [0.25, 0.3) is 0 Å². The number of hydrogen-bond donors (Lipinski definition) is 2. The standard InChI is InChI=1S/C26H27N5O2/c1-31-11-8-18(9-12-31)22-14-20-19(7-10-27-26(20)30-22)21-3-2-4-25(29-21)28-15-17-5-6-23-24(13-17)33-16-32-23/h2-7,10,13-14,18H,8-9,11-12,15-16H2,1H3,(H,27,30)(H,28,29). The van der Waals surface area contributed by atoms with Crippen LogP contribution in [0.4, 0.5) is 5.82 Å². The lowest BCUT2D eigenvalue weighted by molar-refractivity contribution is 0.174. The quantitative estimate of drug-likeness (QED) is 0.465. The Hall–Kier alpha value is -3.58. The zero-order valence-electron chi connectivity index (χ0n) is 18.7. The van der Waals surface area contributed by atoms with Crippen molar-refractivity contribution in [1.29, 1.82) is 0 Å². The Morgan fingerprint density at radius 1 is 1.06 bits per heavy atom. The molecule has 168 valence electrons. The number of nitrogens with zero attached hydrogens (tertiary/aromatic N) is 3. The predicted octanol–water partition coefficient (Wildman–Crippen LogP) is 4.77. The molecule has 0 aliphatic carbocycles. The number of hydrogen-bond acceptors (Lipinski definition) is 6. The van der Waals surface area contributed by atoms with Crippen molar-refractivity contribution in [2.75, 3.05) is 32.2 Å². The van der Waals surface area contributed by atoms with Gasteiger partial charge in [0.15, 0.2) is 11.5 Å². The second-order valence-corrected chi connectivity index (χ2v) is 8.87. The highest BCUT2D eigenvalue weighted by Gasteiger charge is 2.21. The van der Waals surface area contributed by atoms with E-state index in [-0.39, 0.29) is 6.79 Å². The molecule has 2 aliphatic rings. The van der Waals surface area contributed by atoms with Crippen molar-refractivity contribution in [3.63, 3.8) is 0 Å². The summed E-state index contributed by atoms with van der Waals surface area (Å²) in [7, 11) is 2.19. The highest BCUT2D eigenvalue weighted by molar-refractivity contribution is 5.92. The van der Waals surface area contributed by atoms with Crippen LogP contribution in [0, 0.1) is 0 Å². The van der Waals surface area contributed by atoms with Crippen LogP contribution in [-0.2, 0) is 6.54 Å². The maximum absolute atomic E-state index is 5.48. The van der Waals surface area contributed by atoms with Gasteiger partial charge in [-0.05, 0) is 74.9 Å². The summed E-state index contributed by atoms with van der Waals surface area (Å²) in [5.74, 6) is 2.99. The van der Waals surface area contributed by atoms with Gasteiger partial charge in [-0.3, -0.25) is 0 Å². The Labute approximate surface area is 192 Å². The Bertz CT molecular complexity index is 1290. The fourth-order valence-electron chi connectivity index (χ4n) is 4.74. The van der Waals surface area contributed by atoms with E-state index in [1.165, 1.54) is 18.5 Å². The molecular formula is C26H27N5O2. The van der Waals surface area contributed by atoms with Gasteiger partial charge in [-0.25, -0.2) is 9.97 Å². The van der Waals surface area contributed by atoms with E-state index < -0.39 is 0 Å². The number of benzene rings is 1. The molecule has 3 aromatic heterocycles. The predicted molar refractivity (Wildman–Crippen MR) is 129 cm³/mol. The molecule has 7 heteroatoms. The number of anilines is 1. The smallest absolute Gasteiger partial charge is 0.231 e. The SMILES string of the molecule is CN1CCC(c2cc3c(-c4cccc(NCc5ccc6c(c5)OCO6)n4)ccnc3[nH]2)CC1. The van der Waals surface area contributed by atoms with Crippen LogP contribution in [0.3, 0.4) is 0 Å². The van der Waals surface area contributed by atoms with Crippen molar-refractivity contribution in [1.82, 2.24) is 19.9 Å². The number of likely N-dealkylation sites (tertiary alicyclic amines) is 1. The number of rotatable bonds is 5. The minimum absolute atomic E-state index is 0.287. The van der Waals surface area contributed by atoms with Crippen LogP contribution in [0.5, 0.6) is 11.5 Å². The van der Waals surface area contributed by atoms with Crippen molar-refractivity contribution in [3.8, 4) is 22.8 Å². The molecule has 33 heavy (non-hydrogen) atoms. The summed E-state index contributed by atoms with van der Waals surface area (Å²) in [4.78, 5) is 15.5. The molecule has 1 saturated heterocycles. The molecule has 2 N–H and O–H groups in total. The zero-order chi connectivity index (χ0) is 22.2. The molecule has 7 nitrogen and oxygen atoms in total. The second kappa shape index (κ2) is 8.41. The van der Waals surface area contributed by atoms with Gasteiger partial charge in [-0.1, -0.05) is 12.1 Å². The first-order chi connectivity index (χ1) is 16.2. The van der Waals surface area contributed by atoms with Crippen molar-refractivity contribution in [2.45, 2.75) is 25.3 Å². The van der Waals surface area contributed by atoms with Crippen molar-refractivity contribution < 1.29 is 9.47 Å². The Kier molecular flexibility index (Phi) is 5.11. The van der Waals surface area contributed by atoms with E-state index in [2.05, 4.69) is 45.4 Å². The monoisotopic (exact) mass is 441 g/mol. The Morgan fingerprint density at radius 3 is 2.85 bits per heavy atom. The van der Waals surface area contributed by atoms with Crippen LogP contribution >= 0.6 is 0 Å². The molecule has 2 aliphatic heterocycles. The molecule has 0 amide bonds. The first-order valence-corrected chi connectivity index (χ1v) is 11.5. The van der Waals surface area contributed by atoms with Gasteiger partial charge in [-0.15, -0.1) is 0 Å². The highest BCUT2D eigenvalue weighted by Crippen LogP contribution is 2.34. The van der Waals surface area contributed by atoms with Crippen LogP contribution in [0.25, 0.3) is 22.3 Å². The number of nitrogens with one attached hydrogen (secondary N) is 2. The summed E-state index contributed by atoms with van der Waals surface area (Å²) in [6, 6.07) is 16.4. The highest BCUT2D eigenvalue weighted by atomic mass is 16.7. The lowest BCUT2D eigenvalue weighted by atomic mass is 9.93. The maximum Gasteiger partial charge on any atom is 0.231 e. The largest absolute Gasteiger partial charge is 0.454 e.